The van der Waals surface area contributed by atoms with Crippen LogP contribution >= 0.6 is 23.2 Å². The van der Waals surface area contributed by atoms with E-state index in [1.54, 1.807) is 0 Å². The van der Waals surface area contributed by atoms with E-state index in [0.717, 1.165) is 17.9 Å². The van der Waals surface area contributed by atoms with E-state index in [1.165, 1.54) is 0 Å². The topological polar surface area (TPSA) is 36.4 Å². The van der Waals surface area contributed by atoms with Gasteiger partial charge in [0, 0.05) is 12.0 Å². The second kappa shape index (κ2) is 6.49. The van der Waals surface area contributed by atoms with E-state index in [2.05, 4.69) is 36.6 Å². The van der Waals surface area contributed by atoms with E-state index >= 15 is 0 Å². The number of hydrazine groups is 1. The largest absolute Gasteiger partial charge is 0.297 e. The molecule has 0 saturated carbocycles. The molecule has 0 amide bonds. The molecule has 0 aromatic heterocycles. The highest BCUT2D eigenvalue weighted by Gasteiger charge is 2.19. The Labute approximate surface area is 125 Å². The summed E-state index contributed by atoms with van der Waals surface area (Å²) in [5, 5.41) is 1.17. The van der Waals surface area contributed by atoms with Crippen LogP contribution in [0, 0.1) is 12.3 Å². The average Bonchev–Trinajstić information content (AvgIpc) is 2.24. The molecule has 1 rings (SSSR count). The Morgan fingerprint density at radius 2 is 1.74 bits per heavy atom. The summed E-state index contributed by atoms with van der Waals surface area (Å²) in [5.41, 5.74) is 7.78. The predicted octanol–water partition coefficient (Wildman–Crippen LogP) is 4.68. The van der Waals surface area contributed by atoms with Crippen molar-refractivity contribution in [3.05, 3.63) is 27.7 Å². The van der Waals surface area contributed by atoms with Crippen LogP contribution in [-0.4, -0.2) is 12.4 Å². The number of hydrogen-bond donors (Lipinski definition) is 2. The first-order valence-electron chi connectivity index (χ1n) is 6.28. The van der Waals surface area contributed by atoms with Gasteiger partial charge in [0.1, 0.15) is 5.84 Å². The van der Waals surface area contributed by atoms with Crippen molar-refractivity contribution in [2.45, 2.75) is 34.6 Å². The van der Waals surface area contributed by atoms with Gasteiger partial charge in [-0.15, -0.1) is 0 Å². The van der Waals surface area contributed by atoms with Crippen molar-refractivity contribution < 1.29 is 0 Å². The van der Waals surface area contributed by atoms with Gasteiger partial charge in [-0.3, -0.25) is 15.8 Å². The number of hydrogen-bond acceptors (Lipinski definition) is 2. The zero-order valence-corrected chi connectivity index (χ0v) is 13.6. The number of amidine groups is 1. The van der Waals surface area contributed by atoms with Crippen molar-refractivity contribution in [3.8, 4) is 0 Å². The summed E-state index contributed by atoms with van der Waals surface area (Å²) in [6.45, 7) is 10.9. The zero-order valence-electron chi connectivity index (χ0n) is 12.1. The van der Waals surface area contributed by atoms with Crippen LogP contribution < -0.4 is 10.9 Å². The summed E-state index contributed by atoms with van der Waals surface area (Å²) in [4.78, 5) is 4.44. The van der Waals surface area contributed by atoms with Crippen molar-refractivity contribution >= 4 is 34.7 Å². The summed E-state index contributed by atoms with van der Waals surface area (Å²) in [5.74, 6) is 0.864. The van der Waals surface area contributed by atoms with Crippen LogP contribution in [0.1, 0.15) is 33.3 Å². The third-order valence-electron chi connectivity index (χ3n) is 2.52. The Balaban J connectivity index is 2.90. The molecule has 0 radical (unpaired) electrons. The molecule has 0 aliphatic carbocycles. The van der Waals surface area contributed by atoms with Crippen LogP contribution in [-0.2, 0) is 0 Å². The van der Waals surface area contributed by atoms with Crippen LogP contribution in [0.3, 0.4) is 0 Å². The van der Waals surface area contributed by atoms with Crippen molar-refractivity contribution in [1.82, 2.24) is 5.43 Å². The number of halogens is 2. The summed E-state index contributed by atoms with van der Waals surface area (Å²) in [6, 6.07) is 3.73. The lowest BCUT2D eigenvalue weighted by Gasteiger charge is -2.24. The minimum atomic E-state index is -0.0767. The Morgan fingerprint density at radius 1 is 1.21 bits per heavy atom. The van der Waals surface area contributed by atoms with Crippen LogP contribution in [0.4, 0.5) is 5.69 Å². The molecule has 1 aromatic rings. The van der Waals surface area contributed by atoms with E-state index in [9.17, 15) is 0 Å². The van der Waals surface area contributed by atoms with Crippen molar-refractivity contribution in [2.24, 2.45) is 10.4 Å². The number of nitrogens with one attached hydrogen (secondary N) is 2. The molecule has 0 heterocycles. The number of nitrogens with zero attached hydrogens (tertiary/aromatic N) is 1. The third kappa shape index (κ3) is 4.59. The Kier molecular flexibility index (Phi) is 5.50. The highest BCUT2D eigenvalue weighted by molar-refractivity contribution is 6.39. The van der Waals surface area contributed by atoms with Gasteiger partial charge in [0.25, 0.3) is 0 Å². The minimum Gasteiger partial charge on any atom is -0.297 e. The normalized spacial score (nSPS) is 12.5. The summed E-state index contributed by atoms with van der Waals surface area (Å²) < 4.78 is 0. The molecule has 5 heteroatoms. The standard InChI is InChI=1S/C14H21Cl2N3/c1-6-17-13(14(3,4)5)19-18-12-10(15)7-9(2)8-11(12)16/h7-8,18H,6H2,1-5H3,(H,17,19). The number of benzene rings is 1. The molecule has 19 heavy (non-hydrogen) atoms. The Morgan fingerprint density at radius 3 is 2.16 bits per heavy atom. The molecule has 0 fully saturated rings. The molecule has 0 atom stereocenters. The monoisotopic (exact) mass is 301 g/mol. The highest BCUT2D eigenvalue weighted by Crippen LogP contribution is 2.31. The van der Waals surface area contributed by atoms with Gasteiger partial charge in [-0.2, -0.15) is 0 Å². The van der Waals surface area contributed by atoms with Gasteiger partial charge in [0.05, 0.1) is 15.7 Å². The van der Waals surface area contributed by atoms with E-state index < -0.39 is 0 Å². The molecule has 0 unspecified atom stereocenters. The lowest BCUT2D eigenvalue weighted by atomic mass is 9.95. The van der Waals surface area contributed by atoms with Crippen molar-refractivity contribution in [2.75, 3.05) is 12.0 Å². The fraction of sp³-hybridized carbons (Fsp3) is 0.500. The Bertz CT molecular complexity index is 453. The van der Waals surface area contributed by atoms with E-state index in [1.807, 2.05) is 26.0 Å². The third-order valence-corrected chi connectivity index (χ3v) is 3.12. The van der Waals surface area contributed by atoms with Gasteiger partial charge in [0.15, 0.2) is 0 Å². The first-order chi connectivity index (χ1) is 8.75. The van der Waals surface area contributed by atoms with Gasteiger partial charge in [-0.1, -0.05) is 44.0 Å². The lowest BCUT2D eigenvalue weighted by molar-refractivity contribution is 0.568. The van der Waals surface area contributed by atoms with Crippen LogP contribution in [0.2, 0.25) is 10.0 Å². The molecule has 0 spiro atoms. The smallest absolute Gasteiger partial charge is 0.120 e. The second-order valence-electron chi connectivity index (χ2n) is 5.43. The van der Waals surface area contributed by atoms with Crippen molar-refractivity contribution in [1.29, 1.82) is 0 Å². The summed E-state index contributed by atoms with van der Waals surface area (Å²) >= 11 is 12.4. The Hall–Kier alpha value is -0.930. The van der Waals surface area contributed by atoms with E-state index in [0.29, 0.717) is 15.7 Å². The maximum atomic E-state index is 6.18. The number of rotatable bonds is 3. The molecule has 1 aromatic carbocycles. The fourth-order valence-electron chi connectivity index (χ4n) is 1.56. The number of aryl methyl sites for hydroxylation is 1. The molecular weight excluding hydrogens is 281 g/mol. The molecular formula is C14H21Cl2N3. The highest BCUT2D eigenvalue weighted by atomic mass is 35.5. The maximum Gasteiger partial charge on any atom is 0.120 e. The molecule has 0 aliphatic heterocycles. The van der Waals surface area contributed by atoms with E-state index in [-0.39, 0.29) is 5.41 Å². The second-order valence-corrected chi connectivity index (χ2v) is 6.24. The molecule has 2 N–H and O–H groups in total. The average molecular weight is 302 g/mol. The first kappa shape index (κ1) is 16.1. The molecule has 3 nitrogen and oxygen atoms in total. The molecule has 0 aliphatic rings. The van der Waals surface area contributed by atoms with Gasteiger partial charge < -0.3 is 0 Å². The van der Waals surface area contributed by atoms with Gasteiger partial charge in [-0.25, -0.2) is 0 Å². The minimum absolute atomic E-state index is 0.0767. The van der Waals surface area contributed by atoms with Gasteiger partial charge in [-0.05, 0) is 31.5 Å². The zero-order chi connectivity index (χ0) is 14.6. The molecule has 0 saturated heterocycles. The van der Waals surface area contributed by atoms with Crippen molar-refractivity contribution in [3.63, 3.8) is 0 Å². The van der Waals surface area contributed by atoms with Crippen LogP contribution in [0.5, 0.6) is 0 Å². The van der Waals surface area contributed by atoms with Crippen LogP contribution in [0.25, 0.3) is 0 Å². The number of aliphatic imine (C=N–C) groups is 1. The van der Waals surface area contributed by atoms with Crippen LogP contribution in [0.15, 0.2) is 17.1 Å². The molecule has 0 bridgehead atoms. The fourth-order valence-corrected chi connectivity index (χ4v) is 2.25. The van der Waals surface area contributed by atoms with Gasteiger partial charge >= 0.3 is 0 Å². The number of anilines is 1. The lowest BCUT2D eigenvalue weighted by Crippen LogP contribution is -2.39. The maximum absolute atomic E-state index is 6.18. The first-order valence-corrected chi connectivity index (χ1v) is 7.04. The summed E-state index contributed by atoms with van der Waals surface area (Å²) in [6.07, 6.45) is 0. The van der Waals surface area contributed by atoms with E-state index in [4.69, 9.17) is 23.2 Å². The SMILES string of the molecule is CCN=C(NNc1c(Cl)cc(C)cc1Cl)C(C)(C)C. The van der Waals surface area contributed by atoms with Gasteiger partial charge in [0.2, 0.25) is 0 Å². The predicted molar refractivity (Wildman–Crippen MR) is 85.4 cm³/mol. The quantitative estimate of drug-likeness (QED) is 0.483. The molecule has 106 valence electrons. The summed E-state index contributed by atoms with van der Waals surface area (Å²) in [7, 11) is 0.